The number of hydrogen-bond acceptors (Lipinski definition) is 0. The lowest BCUT2D eigenvalue weighted by atomic mass is 9.90. The van der Waals surface area contributed by atoms with E-state index in [1.165, 1.54) is 32.1 Å². The van der Waals surface area contributed by atoms with Gasteiger partial charge in [-0.3, -0.25) is 0 Å². The summed E-state index contributed by atoms with van der Waals surface area (Å²) in [5.74, 6) is 1.58. The van der Waals surface area contributed by atoms with Crippen molar-refractivity contribution in [2.45, 2.75) is 52.9 Å². The second kappa shape index (κ2) is 6.69. The maximum Gasteiger partial charge on any atom is -0.0412 e. The molecule has 0 heterocycles. The van der Waals surface area contributed by atoms with Crippen molar-refractivity contribution < 1.29 is 0 Å². The number of hydrogen-bond donors (Lipinski definition) is 0. The van der Waals surface area contributed by atoms with Crippen molar-refractivity contribution in [2.75, 3.05) is 0 Å². The molecule has 0 heteroatoms. The SMILES string of the molecule is [CH2]C(C)CC(CCC)CCC. The fourth-order valence-corrected chi connectivity index (χ4v) is 1.77. The molecular formula is C11H23. The lowest BCUT2D eigenvalue weighted by Crippen LogP contribution is -2.03. The monoisotopic (exact) mass is 155 g/mol. The third kappa shape index (κ3) is 6.40. The summed E-state index contributed by atoms with van der Waals surface area (Å²) in [6, 6.07) is 0. The van der Waals surface area contributed by atoms with Crippen LogP contribution in [0, 0.1) is 18.8 Å². The van der Waals surface area contributed by atoms with Crippen molar-refractivity contribution in [3.05, 3.63) is 6.92 Å². The van der Waals surface area contributed by atoms with E-state index in [0.717, 1.165) is 5.92 Å². The highest BCUT2D eigenvalue weighted by Gasteiger charge is 2.07. The molecule has 0 N–H and O–H groups in total. The summed E-state index contributed by atoms with van der Waals surface area (Å²) in [4.78, 5) is 0. The van der Waals surface area contributed by atoms with Crippen LogP contribution in [0.5, 0.6) is 0 Å². The molecule has 0 amide bonds. The first-order valence-electron chi connectivity index (χ1n) is 5.03. The van der Waals surface area contributed by atoms with E-state index < -0.39 is 0 Å². The van der Waals surface area contributed by atoms with E-state index in [0.29, 0.717) is 5.92 Å². The van der Waals surface area contributed by atoms with Gasteiger partial charge in [-0.1, -0.05) is 53.4 Å². The molecule has 0 aliphatic carbocycles. The van der Waals surface area contributed by atoms with Gasteiger partial charge in [0.15, 0.2) is 0 Å². The molecule has 0 bridgehead atoms. The molecule has 1 atom stereocenters. The minimum absolute atomic E-state index is 0.637. The Balaban J connectivity index is 3.50. The second-order valence-corrected chi connectivity index (χ2v) is 3.78. The van der Waals surface area contributed by atoms with E-state index in [1.54, 1.807) is 0 Å². The zero-order chi connectivity index (χ0) is 8.69. The van der Waals surface area contributed by atoms with Crippen LogP contribution in [0.25, 0.3) is 0 Å². The Morgan fingerprint density at radius 2 is 1.55 bits per heavy atom. The van der Waals surface area contributed by atoms with Crippen LogP contribution in [0.1, 0.15) is 52.9 Å². The molecule has 11 heavy (non-hydrogen) atoms. The van der Waals surface area contributed by atoms with Gasteiger partial charge in [0.25, 0.3) is 0 Å². The summed E-state index contributed by atoms with van der Waals surface area (Å²) < 4.78 is 0. The van der Waals surface area contributed by atoms with Gasteiger partial charge >= 0.3 is 0 Å². The zero-order valence-corrected chi connectivity index (χ0v) is 8.40. The van der Waals surface area contributed by atoms with Crippen LogP contribution in [0.3, 0.4) is 0 Å². The van der Waals surface area contributed by atoms with Crippen molar-refractivity contribution in [3.63, 3.8) is 0 Å². The van der Waals surface area contributed by atoms with Gasteiger partial charge in [0.1, 0.15) is 0 Å². The van der Waals surface area contributed by atoms with Crippen LogP contribution in [-0.4, -0.2) is 0 Å². The van der Waals surface area contributed by atoms with Crippen LogP contribution in [-0.2, 0) is 0 Å². The van der Waals surface area contributed by atoms with Gasteiger partial charge in [-0.05, 0) is 18.3 Å². The second-order valence-electron chi connectivity index (χ2n) is 3.78. The Bertz CT molecular complexity index is 68.1. The standard InChI is InChI=1S/C11H23/c1-5-7-11(8-6-2)9-10(3)4/h10-11H,3,5-9H2,1-2,4H3. The largest absolute Gasteiger partial charge is 0.0654 e. The van der Waals surface area contributed by atoms with Gasteiger partial charge in [-0.15, -0.1) is 0 Å². The first-order valence-corrected chi connectivity index (χ1v) is 5.03. The van der Waals surface area contributed by atoms with Crippen molar-refractivity contribution in [1.82, 2.24) is 0 Å². The Hall–Kier alpha value is 0. The first kappa shape index (κ1) is 11.0. The minimum atomic E-state index is 0.637. The summed E-state index contributed by atoms with van der Waals surface area (Å²) in [5, 5.41) is 0. The first-order chi connectivity index (χ1) is 5.20. The quantitative estimate of drug-likeness (QED) is 0.542. The van der Waals surface area contributed by atoms with E-state index in [4.69, 9.17) is 0 Å². The minimum Gasteiger partial charge on any atom is -0.0654 e. The predicted molar refractivity (Wildman–Crippen MR) is 52.4 cm³/mol. The average Bonchev–Trinajstić information content (AvgIpc) is 1.87. The van der Waals surface area contributed by atoms with E-state index in [2.05, 4.69) is 27.7 Å². The summed E-state index contributed by atoms with van der Waals surface area (Å²) in [6.07, 6.45) is 6.78. The smallest absolute Gasteiger partial charge is 0.0412 e. The lowest BCUT2D eigenvalue weighted by Gasteiger charge is -2.16. The zero-order valence-electron chi connectivity index (χ0n) is 8.40. The van der Waals surface area contributed by atoms with Gasteiger partial charge < -0.3 is 0 Å². The molecular weight excluding hydrogens is 132 g/mol. The Kier molecular flexibility index (Phi) is 6.69. The van der Waals surface area contributed by atoms with Gasteiger partial charge in [0.05, 0.1) is 0 Å². The summed E-state index contributed by atoms with van der Waals surface area (Å²) in [5.41, 5.74) is 0. The maximum absolute atomic E-state index is 4.04. The molecule has 0 fully saturated rings. The third-order valence-corrected chi connectivity index (χ3v) is 2.13. The lowest BCUT2D eigenvalue weighted by molar-refractivity contribution is 0.373. The molecule has 0 spiro atoms. The fraction of sp³-hybridized carbons (Fsp3) is 0.909. The van der Waals surface area contributed by atoms with Crippen LogP contribution in [0.4, 0.5) is 0 Å². The highest BCUT2D eigenvalue weighted by molar-refractivity contribution is 4.64. The highest BCUT2D eigenvalue weighted by Crippen LogP contribution is 2.21. The van der Waals surface area contributed by atoms with Gasteiger partial charge in [0.2, 0.25) is 0 Å². The molecule has 1 unspecified atom stereocenters. The predicted octanol–water partition coefficient (Wildman–Crippen LogP) is 4.06. The molecule has 67 valence electrons. The molecule has 0 saturated carbocycles. The molecule has 1 radical (unpaired) electrons. The van der Waals surface area contributed by atoms with Crippen LogP contribution in [0.15, 0.2) is 0 Å². The molecule has 0 aromatic heterocycles. The van der Waals surface area contributed by atoms with Crippen LogP contribution < -0.4 is 0 Å². The summed E-state index contributed by atoms with van der Waals surface area (Å²) >= 11 is 0. The van der Waals surface area contributed by atoms with Gasteiger partial charge in [0, 0.05) is 0 Å². The molecule has 0 nitrogen and oxygen atoms in total. The molecule has 0 aliphatic rings. The highest BCUT2D eigenvalue weighted by atomic mass is 14.1. The van der Waals surface area contributed by atoms with Gasteiger partial charge in [-0.25, -0.2) is 0 Å². The Morgan fingerprint density at radius 1 is 1.09 bits per heavy atom. The fourth-order valence-electron chi connectivity index (χ4n) is 1.77. The van der Waals surface area contributed by atoms with Crippen molar-refractivity contribution in [2.24, 2.45) is 11.8 Å². The van der Waals surface area contributed by atoms with Crippen molar-refractivity contribution >= 4 is 0 Å². The van der Waals surface area contributed by atoms with Crippen LogP contribution >= 0.6 is 0 Å². The van der Waals surface area contributed by atoms with Gasteiger partial charge in [-0.2, -0.15) is 0 Å². The molecule has 0 rings (SSSR count). The Labute approximate surface area is 72.4 Å². The Morgan fingerprint density at radius 3 is 1.82 bits per heavy atom. The van der Waals surface area contributed by atoms with Crippen molar-refractivity contribution in [3.8, 4) is 0 Å². The summed E-state index contributed by atoms with van der Waals surface area (Å²) in [6.45, 7) is 10.8. The van der Waals surface area contributed by atoms with Crippen LogP contribution in [0.2, 0.25) is 0 Å². The average molecular weight is 155 g/mol. The van der Waals surface area contributed by atoms with E-state index in [1.807, 2.05) is 0 Å². The maximum atomic E-state index is 4.04. The van der Waals surface area contributed by atoms with Crippen molar-refractivity contribution in [1.29, 1.82) is 0 Å². The molecule has 0 aromatic rings. The number of rotatable bonds is 6. The normalized spacial score (nSPS) is 11.5. The van der Waals surface area contributed by atoms with E-state index >= 15 is 0 Å². The molecule has 0 aliphatic heterocycles. The topological polar surface area (TPSA) is 0 Å². The molecule has 0 saturated heterocycles. The summed E-state index contributed by atoms with van der Waals surface area (Å²) in [7, 11) is 0. The van der Waals surface area contributed by atoms with E-state index in [-0.39, 0.29) is 0 Å². The molecule has 0 aromatic carbocycles. The van der Waals surface area contributed by atoms with E-state index in [9.17, 15) is 0 Å². The third-order valence-electron chi connectivity index (χ3n) is 2.13.